The van der Waals surface area contributed by atoms with Crippen LogP contribution in [0.5, 0.6) is 0 Å². The fourth-order valence-electron chi connectivity index (χ4n) is 1.97. The summed E-state index contributed by atoms with van der Waals surface area (Å²) in [6.07, 6.45) is 0.680. The van der Waals surface area contributed by atoms with Gasteiger partial charge in [0.1, 0.15) is 5.76 Å². The Labute approximate surface area is 121 Å². The molecule has 1 aromatic carbocycles. The SMILES string of the molecule is CCc1ccc(C(=O)N(C)c2ccc(N)cc2C(=O)O)o1. The number of nitrogen functional groups attached to an aromatic ring is 1. The lowest BCUT2D eigenvalue weighted by atomic mass is 10.1. The Hall–Kier alpha value is -2.76. The van der Waals surface area contributed by atoms with Crippen LogP contribution in [0.1, 0.15) is 33.6 Å². The molecule has 110 valence electrons. The van der Waals surface area contributed by atoms with Crippen LogP contribution < -0.4 is 10.6 Å². The van der Waals surface area contributed by atoms with E-state index >= 15 is 0 Å². The van der Waals surface area contributed by atoms with Crippen LogP contribution in [-0.4, -0.2) is 24.0 Å². The molecule has 0 radical (unpaired) electrons. The van der Waals surface area contributed by atoms with Gasteiger partial charge in [0, 0.05) is 19.2 Å². The minimum absolute atomic E-state index is 0.0341. The molecule has 6 nitrogen and oxygen atoms in total. The third kappa shape index (κ3) is 2.89. The van der Waals surface area contributed by atoms with Gasteiger partial charge in [0.15, 0.2) is 5.76 Å². The molecule has 1 amide bonds. The van der Waals surface area contributed by atoms with Crippen LogP contribution >= 0.6 is 0 Å². The summed E-state index contributed by atoms with van der Waals surface area (Å²) >= 11 is 0. The molecule has 1 heterocycles. The molecule has 0 spiro atoms. The third-order valence-electron chi connectivity index (χ3n) is 3.14. The molecule has 6 heteroatoms. The normalized spacial score (nSPS) is 10.4. The standard InChI is InChI=1S/C15H16N2O4/c1-3-10-5-7-13(21-10)14(18)17(2)12-6-4-9(16)8-11(12)15(19)20/h4-8H,3,16H2,1-2H3,(H,19,20). The topological polar surface area (TPSA) is 96.8 Å². The predicted octanol–water partition coefficient (Wildman–Crippen LogP) is 2.40. The number of benzene rings is 1. The van der Waals surface area contributed by atoms with Crippen molar-refractivity contribution in [2.75, 3.05) is 17.7 Å². The number of hydrogen-bond acceptors (Lipinski definition) is 4. The van der Waals surface area contributed by atoms with E-state index in [0.29, 0.717) is 17.9 Å². The second-order valence-electron chi connectivity index (χ2n) is 4.57. The first-order chi connectivity index (χ1) is 9.93. The van der Waals surface area contributed by atoms with Gasteiger partial charge in [0.2, 0.25) is 0 Å². The number of furan rings is 1. The number of carboxylic acid groups (broad SMARTS) is 1. The molecular weight excluding hydrogens is 272 g/mol. The van der Waals surface area contributed by atoms with E-state index in [9.17, 15) is 14.7 Å². The molecule has 0 aliphatic heterocycles. The van der Waals surface area contributed by atoms with Gasteiger partial charge in [-0.3, -0.25) is 4.79 Å². The number of nitrogens with two attached hydrogens (primary N) is 1. The maximum atomic E-state index is 12.3. The molecular formula is C15H16N2O4. The number of carboxylic acids is 1. The summed E-state index contributed by atoms with van der Waals surface area (Å²) < 4.78 is 5.40. The number of rotatable bonds is 4. The molecule has 0 saturated heterocycles. The van der Waals surface area contributed by atoms with Gasteiger partial charge in [-0.05, 0) is 30.3 Å². The monoisotopic (exact) mass is 288 g/mol. The number of anilines is 2. The number of hydrogen-bond donors (Lipinski definition) is 2. The highest BCUT2D eigenvalue weighted by atomic mass is 16.4. The molecule has 0 fully saturated rings. The lowest BCUT2D eigenvalue weighted by Crippen LogP contribution is -2.27. The Morgan fingerprint density at radius 1 is 1.29 bits per heavy atom. The van der Waals surface area contributed by atoms with Gasteiger partial charge >= 0.3 is 5.97 Å². The van der Waals surface area contributed by atoms with Crippen molar-refractivity contribution in [3.8, 4) is 0 Å². The average Bonchev–Trinajstić information content (AvgIpc) is 2.94. The van der Waals surface area contributed by atoms with E-state index in [-0.39, 0.29) is 17.0 Å². The summed E-state index contributed by atoms with van der Waals surface area (Å²) in [6.45, 7) is 1.92. The van der Waals surface area contributed by atoms with E-state index in [1.54, 1.807) is 18.2 Å². The van der Waals surface area contributed by atoms with E-state index in [1.807, 2.05) is 6.92 Å². The summed E-state index contributed by atoms with van der Waals surface area (Å²) in [7, 11) is 1.49. The second-order valence-corrected chi connectivity index (χ2v) is 4.57. The van der Waals surface area contributed by atoms with Crippen molar-refractivity contribution in [1.82, 2.24) is 0 Å². The third-order valence-corrected chi connectivity index (χ3v) is 3.14. The first kappa shape index (κ1) is 14.6. The first-order valence-electron chi connectivity index (χ1n) is 6.43. The van der Waals surface area contributed by atoms with E-state index in [1.165, 1.54) is 24.1 Å². The Morgan fingerprint density at radius 3 is 2.57 bits per heavy atom. The first-order valence-corrected chi connectivity index (χ1v) is 6.43. The molecule has 2 rings (SSSR count). The van der Waals surface area contributed by atoms with Gasteiger partial charge < -0.3 is 20.2 Å². The summed E-state index contributed by atoms with van der Waals surface area (Å²) in [5.41, 5.74) is 6.14. The Bertz CT molecular complexity index is 691. The minimum atomic E-state index is -1.15. The van der Waals surface area contributed by atoms with Gasteiger partial charge in [-0.15, -0.1) is 0 Å². The predicted molar refractivity (Wildman–Crippen MR) is 78.6 cm³/mol. The van der Waals surface area contributed by atoms with Crippen LogP contribution in [0.4, 0.5) is 11.4 Å². The van der Waals surface area contributed by atoms with Crippen molar-refractivity contribution in [3.05, 3.63) is 47.4 Å². The summed E-state index contributed by atoms with van der Waals surface area (Å²) in [6, 6.07) is 7.67. The van der Waals surface area contributed by atoms with Crippen molar-refractivity contribution in [3.63, 3.8) is 0 Å². The fraction of sp³-hybridized carbons (Fsp3) is 0.200. The van der Waals surface area contributed by atoms with Gasteiger partial charge in [-0.2, -0.15) is 0 Å². The van der Waals surface area contributed by atoms with E-state index < -0.39 is 11.9 Å². The van der Waals surface area contributed by atoms with Gasteiger partial charge in [0.25, 0.3) is 5.91 Å². The molecule has 1 aromatic heterocycles. The molecule has 0 atom stereocenters. The summed E-state index contributed by atoms with van der Waals surface area (Å²) in [5, 5.41) is 9.22. The zero-order valence-electron chi connectivity index (χ0n) is 11.8. The highest BCUT2D eigenvalue weighted by Crippen LogP contribution is 2.24. The molecule has 0 aliphatic rings. The van der Waals surface area contributed by atoms with Gasteiger partial charge in [-0.1, -0.05) is 6.92 Å². The Morgan fingerprint density at radius 2 is 2.00 bits per heavy atom. The highest BCUT2D eigenvalue weighted by Gasteiger charge is 2.22. The van der Waals surface area contributed by atoms with Crippen molar-refractivity contribution in [1.29, 1.82) is 0 Å². The fourth-order valence-corrected chi connectivity index (χ4v) is 1.97. The lowest BCUT2D eigenvalue weighted by molar-refractivity contribution is 0.0697. The molecule has 0 aliphatic carbocycles. The molecule has 21 heavy (non-hydrogen) atoms. The summed E-state index contributed by atoms with van der Waals surface area (Å²) in [4.78, 5) is 24.9. The highest BCUT2D eigenvalue weighted by molar-refractivity contribution is 6.08. The molecule has 3 N–H and O–H groups in total. The summed E-state index contributed by atoms with van der Waals surface area (Å²) in [5.74, 6) is -0.697. The maximum absolute atomic E-state index is 12.3. The van der Waals surface area contributed by atoms with E-state index in [2.05, 4.69) is 0 Å². The van der Waals surface area contributed by atoms with Crippen molar-refractivity contribution in [2.45, 2.75) is 13.3 Å². The Kier molecular flexibility index (Phi) is 3.98. The number of carbonyl (C=O) groups excluding carboxylic acids is 1. The van der Waals surface area contributed by atoms with Crippen LogP contribution in [0.3, 0.4) is 0 Å². The van der Waals surface area contributed by atoms with Crippen molar-refractivity contribution >= 4 is 23.3 Å². The van der Waals surface area contributed by atoms with Crippen molar-refractivity contribution in [2.24, 2.45) is 0 Å². The molecule has 0 bridgehead atoms. The van der Waals surface area contributed by atoms with Crippen LogP contribution in [-0.2, 0) is 6.42 Å². The number of amides is 1. The number of aromatic carboxylic acids is 1. The average molecular weight is 288 g/mol. The molecule has 0 unspecified atom stereocenters. The lowest BCUT2D eigenvalue weighted by Gasteiger charge is -2.18. The number of carbonyl (C=O) groups is 2. The Balaban J connectivity index is 2.37. The van der Waals surface area contributed by atoms with Crippen LogP contribution in [0.25, 0.3) is 0 Å². The van der Waals surface area contributed by atoms with Crippen molar-refractivity contribution < 1.29 is 19.1 Å². The van der Waals surface area contributed by atoms with E-state index in [0.717, 1.165) is 0 Å². The molecule has 0 saturated carbocycles. The zero-order valence-corrected chi connectivity index (χ0v) is 11.8. The maximum Gasteiger partial charge on any atom is 0.337 e. The smallest absolute Gasteiger partial charge is 0.337 e. The quantitative estimate of drug-likeness (QED) is 0.842. The number of nitrogens with zero attached hydrogens (tertiary/aromatic N) is 1. The van der Waals surface area contributed by atoms with Gasteiger partial charge in [0.05, 0.1) is 11.3 Å². The van der Waals surface area contributed by atoms with Gasteiger partial charge in [-0.25, -0.2) is 4.79 Å². The number of aryl methyl sites for hydroxylation is 1. The molecule has 2 aromatic rings. The largest absolute Gasteiger partial charge is 0.478 e. The van der Waals surface area contributed by atoms with E-state index in [4.69, 9.17) is 10.2 Å². The van der Waals surface area contributed by atoms with Crippen LogP contribution in [0.15, 0.2) is 34.7 Å². The van der Waals surface area contributed by atoms with Crippen LogP contribution in [0.2, 0.25) is 0 Å². The second kappa shape index (κ2) is 5.70. The van der Waals surface area contributed by atoms with Crippen LogP contribution in [0, 0.1) is 0 Å². The zero-order chi connectivity index (χ0) is 15.6. The minimum Gasteiger partial charge on any atom is -0.478 e.